The highest BCUT2D eigenvalue weighted by atomic mass is 32.2. The van der Waals surface area contributed by atoms with E-state index in [-0.39, 0.29) is 23.6 Å². The third-order valence-corrected chi connectivity index (χ3v) is 5.50. The van der Waals surface area contributed by atoms with E-state index in [0.29, 0.717) is 11.3 Å². The molecule has 25 heavy (non-hydrogen) atoms. The summed E-state index contributed by atoms with van der Waals surface area (Å²) >= 11 is 0. The Bertz CT molecular complexity index is 904. The Hall–Kier alpha value is -2.71. The Balaban J connectivity index is 1.73. The quantitative estimate of drug-likeness (QED) is 0.727. The first kappa shape index (κ1) is 17.1. The molecule has 0 unspecified atom stereocenters. The maximum Gasteiger partial charge on any atom is 0.324 e. The molecule has 7 nitrogen and oxygen atoms in total. The summed E-state index contributed by atoms with van der Waals surface area (Å²) < 4.78 is 26.8. The molecule has 0 aliphatic heterocycles. The summed E-state index contributed by atoms with van der Waals surface area (Å²) in [5, 5.41) is 11.8. The molecule has 1 aliphatic carbocycles. The Morgan fingerprint density at radius 1 is 0.960 bits per heavy atom. The Kier molecular flexibility index (Phi) is 4.32. The van der Waals surface area contributed by atoms with Crippen LogP contribution in [0, 0.1) is 0 Å². The number of nitrogens with one attached hydrogen (secondary N) is 2. The van der Waals surface area contributed by atoms with Gasteiger partial charge in [-0.05, 0) is 49.2 Å². The summed E-state index contributed by atoms with van der Waals surface area (Å²) in [6, 6.07) is 14.2. The summed E-state index contributed by atoms with van der Waals surface area (Å²) in [5.41, 5.74) is -0.479. The van der Waals surface area contributed by atoms with E-state index in [4.69, 9.17) is 5.11 Å². The van der Waals surface area contributed by atoms with E-state index in [1.807, 2.05) is 6.07 Å². The number of para-hydroxylation sites is 1. The third-order valence-electron chi connectivity index (χ3n) is 3.95. The van der Waals surface area contributed by atoms with Crippen molar-refractivity contribution in [2.45, 2.75) is 23.3 Å². The second-order valence-corrected chi connectivity index (χ2v) is 7.52. The summed E-state index contributed by atoms with van der Waals surface area (Å²) in [5.74, 6) is -1.55. The first-order valence-corrected chi connectivity index (χ1v) is 9.05. The maximum atomic E-state index is 12.3. The number of rotatable bonds is 6. The first-order chi connectivity index (χ1) is 11.8. The number of hydrogen-bond donors (Lipinski definition) is 3. The Morgan fingerprint density at radius 2 is 1.56 bits per heavy atom. The van der Waals surface area contributed by atoms with E-state index in [2.05, 4.69) is 10.0 Å². The summed E-state index contributed by atoms with van der Waals surface area (Å²) in [4.78, 5) is 23.2. The number of hydrogen-bond acceptors (Lipinski definition) is 4. The van der Waals surface area contributed by atoms with Crippen LogP contribution in [0.2, 0.25) is 0 Å². The van der Waals surface area contributed by atoms with Gasteiger partial charge in [-0.3, -0.25) is 9.59 Å². The molecule has 0 saturated heterocycles. The molecule has 3 N–H and O–H groups in total. The molecular weight excluding hydrogens is 344 g/mol. The lowest BCUT2D eigenvalue weighted by molar-refractivity contribution is -0.140. The average Bonchev–Trinajstić information content (AvgIpc) is 3.36. The van der Waals surface area contributed by atoms with Crippen LogP contribution in [0.1, 0.15) is 23.2 Å². The van der Waals surface area contributed by atoms with Crippen molar-refractivity contribution in [1.29, 1.82) is 0 Å². The van der Waals surface area contributed by atoms with Gasteiger partial charge >= 0.3 is 5.97 Å². The fraction of sp³-hybridized carbons (Fsp3) is 0.176. The Morgan fingerprint density at radius 3 is 2.08 bits per heavy atom. The van der Waals surface area contributed by atoms with Crippen molar-refractivity contribution in [3.63, 3.8) is 0 Å². The van der Waals surface area contributed by atoms with Gasteiger partial charge in [0.2, 0.25) is 10.0 Å². The molecule has 0 heterocycles. The lowest BCUT2D eigenvalue weighted by atomic mass is 10.2. The zero-order valence-corrected chi connectivity index (χ0v) is 13.9. The summed E-state index contributed by atoms with van der Waals surface area (Å²) in [7, 11) is -3.96. The molecule has 1 saturated carbocycles. The number of carboxylic acids is 1. The molecule has 0 bridgehead atoms. The van der Waals surface area contributed by atoms with E-state index in [1.54, 1.807) is 24.3 Å². The van der Waals surface area contributed by atoms with Crippen LogP contribution in [0.25, 0.3) is 0 Å². The molecule has 1 amide bonds. The number of amides is 1. The van der Waals surface area contributed by atoms with Crippen molar-refractivity contribution in [2.24, 2.45) is 0 Å². The minimum absolute atomic E-state index is 0.0868. The van der Waals surface area contributed by atoms with Gasteiger partial charge in [0.05, 0.1) is 4.90 Å². The average molecular weight is 360 g/mol. The fourth-order valence-corrected chi connectivity index (χ4v) is 3.73. The highest BCUT2D eigenvalue weighted by Gasteiger charge is 2.53. The van der Waals surface area contributed by atoms with Gasteiger partial charge in [0.25, 0.3) is 5.91 Å². The van der Waals surface area contributed by atoms with Crippen molar-refractivity contribution in [3.8, 4) is 0 Å². The molecule has 0 aromatic heterocycles. The number of carboxylic acid groups (broad SMARTS) is 1. The molecule has 2 aromatic rings. The molecular formula is C17H16N2O5S. The van der Waals surface area contributed by atoms with Crippen LogP contribution >= 0.6 is 0 Å². The van der Waals surface area contributed by atoms with Gasteiger partial charge in [-0.1, -0.05) is 18.2 Å². The standard InChI is InChI=1S/C17H16N2O5S/c20-15(18-13-4-2-1-3-5-13)12-6-8-14(9-7-12)25(23,24)19-17(10-11-17)16(21)22/h1-9,19H,10-11H2,(H,18,20)(H,21,22). The van der Waals surface area contributed by atoms with Gasteiger partial charge in [-0.2, -0.15) is 4.72 Å². The van der Waals surface area contributed by atoms with E-state index in [1.165, 1.54) is 24.3 Å². The van der Waals surface area contributed by atoms with Crippen LogP contribution in [0.5, 0.6) is 0 Å². The second-order valence-electron chi connectivity index (χ2n) is 5.84. The number of aliphatic carboxylic acids is 1. The number of sulfonamides is 1. The molecule has 1 fully saturated rings. The monoisotopic (exact) mass is 360 g/mol. The van der Waals surface area contributed by atoms with Gasteiger partial charge in [0.1, 0.15) is 5.54 Å². The van der Waals surface area contributed by atoms with Crippen molar-refractivity contribution in [1.82, 2.24) is 4.72 Å². The molecule has 2 aromatic carbocycles. The van der Waals surface area contributed by atoms with Crippen molar-refractivity contribution >= 4 is 27.6 Å². The van der Waals surface area contributed by atoms with Crippen molar-refractivity contribution in [3.05, 3.63) is 60.2 Å². The number of carbonyl (C=O) groups excluding carboxylic acids is 1. The summed E-state index contributed by atoms with van der Waals surface area (Å²) in [6.07, 6.45) is 0.526. The van der Waals surface area contributed by atoms with Crippen LogP contribution in [0.4, 0.5) is 5.69 Å². The third kappa shape index (κ3) is 3.70. The molecule has 3 rings (SSSR count). The topological polar surface area (TPSA) is 113 Å². The van der Waals surface area contributed by atoms with Crippen LogP contribution < -0.4 is 10.0 Å². The highest BCUT2D eigenvalue weighted by molar-refractivity contribution is 7.89. The Labute approximate surface area is 144 Å². The fourth-order valence-electron chi connectivity index (χ4n) is 2.31. The zero-order valence-electron chi connectivity index (χ0n) is 13.1. The van der Waals surface area contributed by atoms with E-state index < -0.39 is 21.5 Å². The smallest absolute Gasteiger partial charge is 0.324 e. The lowest BCUT2D eigenvalue weighted by Crippen LogP contribution is -2.42. The van der Waals surface area contributed by atoms with Crippen LogP contribution in [0.15, 0.2) is 59.5 Å². The molecule has 0 atom stereocenters. The van der Waals surface area contributed by atoms with Crippen LogP contribution in [0.3, 0.4) is 0 Å². The van der Waals surface area contributed by atoms with Crippen LogP contribution in [-0.4, -0.2) is 30.9 Å². The van der Waals surface area contributed by atoms with Crippen molar-refractivity contribution in [2.75, 3.05) is 5.32 Å². The minimum Gasteiger partial charge on any atom is -0.480 e. The molecule has 0 spiro atoms. The zero-order chi connectivity index (χ0) is 18.1. The van der Waals surface area contributed by atoms with E-state index in [9.17, 15) is 18.0 Å². The van der Waals surface area contributed by atoms with Gasteiger partial charge < -0.3 is 10.4 Å². The molecule has 0 radical (unpaired) electrons. The van der Waals surface area contributed by atoms with Gasteiger partial charge in [0, 0.05) is 11.3 Å². The lowest BCUT2D eigenvalue weighted by Gasteiger charge is -2.13. The normalized spacial score (nSPS) is 15.4. The van der Waals surface area contributed by atoms with Gasteiger partial charge in [0.15, 0.2) is 0 Å². The van der Waals surface area contributed by atoms with Crippen molar-refractivity contribution < 1.29 is 23.1 Å². The largest absolute Gasteiger partial charge is 0.480 e. The molecule has 1 aliphatic rings. The number of benzene rings is 2. The first-order valence-electron chi connectivity index (χ1n) is 7.56. The number of anilines is 1. The molecule has 130 valence electrons. The SMILES string of the molecule is O=C(Nc1ccccc1)c1ccc(S(=O)(=O)NC2(C(=O)O)CC2)cc1. The highest BCUT2D eigenvalue weighted by Crippen LogP contribution is 2.37. The van der Waals surface area contributed by atoms with Gasteiger partial charge in [-0.25, -0.2) is 8.42 Å². The number of carbonyl (C=O) groups is 2. The summed E-state index contributed by atoms with van der Waals surface area (Å²) in [6.45, 7) is 0. The second kappa shape index (κ2) is 6.30. The van der Waals surface area contributed by atoms with Gasteiger partial charge in [-0.15, -0.1) is 0 Å². The molecule has 8 heteroatoms. The van der Waals surface area contributed by atoms with Crippen LogP contribution in [-0.2, 0) is 14.8 Å². The predicted octanol–water partition coefficient (Wildman–Crippen LogP) is 1.83. The minimum atomic E-state index is -3.96. The van der Waals surface area contributed by atoms with E-state index >= 15 is 0 Å². The predicted molar refractivity (Wildman–Crippen MR) is 90.8 cm³/mol. The maximum absolute atomic E-state index is 12.3. The van der Waals surface area contributed by atoms with E-state index in [0.717, 1.165) is 0 Å².